The van der Waals surface area contributed by atoms with Crippen LogP contribution < -0.4 is 4.90 Å². The quantitative estimate of drug-likeness (QED) is 0.664. The van der Waals surface area contributed by atoms with Gasteiger partial charge in [0.1, 0.15) is 12.1 Å². The van der Waals surface area contributed by atoms with E-state index in [9.17, 15) is 0 Å². The highest BCUT2D eigenvalue weighted by atomic mass is 16.5. The second-order valence-electron chi connectivity index (χ2n) is 8.43. The molecule has 0 spiro atoms. The Bertz CT molecular complexity index is 1080. The van der Waals surface area contributed by atoms with Crippen LogP contribution in [-0.2, 0) is 11.2 Å². The maximum absolute atomic E-state index is 5.49. The van der Waals surface area contributed by atoms with E-state index >= 15 is 0 Å². The summed E-state index contributed by atoms with van der Waals surface area (Å²) in [5.74, 6) is 2.59. The van der Waals surface area contributed by atoms with Gasteiger partial charge in [0.05, 0.1) is 13.2 Å². The van der Waals surface area contributed by atoms with Crippen molar-refractivity contribution in [2.75, 3.05) is 31.2 Å². The third-order valence-corrected chi connectivity index (χ3v) is 6.12. The number of anilines is 1. The number of hydrogen-bond donors (Lipinski definition) is 0. The fourth-order valence-electron chi connectivity index (χ4n) is 4.50. The number of rotatable bonds is 4. The first-order chi connectivity index (χ1) is 14.7. The first kappa shape index (κ1) is 19.2. The highest BCUT2D eigenvalue weighted by molar-refractivity contribution is 5.76. The van der Waals surface area contributed by atoms with Gasteiger partial charge in [-0.1, -0.05) is 6.08 Å². The minimum Gasteiger partial charge on any atom is -0.377 e. The Hall–Kier alpha value is -2.80. The molecule has 0 bridgehead atoms. The number of aromatic nitrogens is 5. The molecule has 1 saturated heterocycles. The summed E-state index contributed by atoms with van der Waals surface area (Å²) >= 11 is 0. The zero-order valence-corrected chi connectivity index (χ0v) is 17.7. The largest absolute Gasteiger partial charge is 0.377 e. The van der Waals surface area contributed by atoms with Crippen LogP contribution in [0.5, 0.6) is 0 Å². The van der Waals surface area contributed by atoms with Crippen LogP contribution in [-0.4, -0.2) is 50.9 Å². The summed E-state index contributed by atoms with van der Waals surface area (Å²) in [4.78, 5) is 16.0. The van der Waals surface area contributed by atoms with Crippen molar-refractivity contribution in [3.8, 4) is 0 Å². The predicted octanol–water partition coefficient (Wildman–Crippen LogP) is 3.40. The Morgan fingerprint density at radius 1 is 1.13 bits per heavy atom. The summed E-state index contributed by atoms with van der Waals surface area (Å²) in [6.07, 6.45) is 10.0. The highest BCUT2D eigenvalue weighted by Gasteiger charge is 2.23. The number of ether oxygens (including phenoxy) is 1. The molecule has 3 aromatic rings. The molecule has 0 amide bonds. The van der Waals surface area contributed by atoms with E-state index < -0.39 is 0 Å². The smallest absolute Gasteiger partial charge is 0.163 e. The van der Waals surface area contributed by atoms with Crippen molar-refractivity contribution in [2.24, 2.45) is 5.92 Å². The third kappa shape index (κ3) is 3.94. The monoisotopic (exact) mass is 404 g/mol. The molecule has 30 heavy (non-hydrogen) atoms. The third-order valence-electron chi connectivity index (χ3n) is 6.12. The summed E-state index contributed by atoms with van der Waals surface area (Å²) in [5.41, 5.74) is 5.71. The van der Waals surface area contributed by atoms with Gasteiger partial charge in [0, 0.05) is 43.0 Å². The molecule has 0 N–H and O–H groups in total. The van der Waals surface area contributed by atoms with E-state index in [1.165, 1.54) is 16.7 Å². The molecule has 5 rings (SSSR count). The van der Waals surface area contributed by atoms with Crippen molar-refractivity contribution in [3.05, 3.63) is 53.4 Å². The summed E-state index contributed by atoms with van der Waals surface area (Å²) in [7, 11) is 0. The maximum Gasteiger partial charge on any atom is 0.163 e. The van der Waals surface area contributed by atoms with Crippen LogP contribution in [0, 0.1) is 19.8 Å². The molecule has 0 atom stereocenters. The molecule has 2 aliphatic rings. The van der Waals surface area contributed by atoms with E-state index in [1.54, 1.807) is 6.33 Å². The Balaban J connectivity index is 1.31. The van der Waals surface area contributed by atoms with Gasteiger partial charge in [-0.05, 0) is 56.2 Å². The molecule has 0 saturated carbocycles. The number of nitrogens with zero attached hydrogens (tertiary/aromatic N) is 6. The van der Waals surface area contributed by atoms with Crippen LogP contribution in [0.25, 0.3) is 11.2 Å². The lowest BCUT2D eigenvalue weighted by Gasteiger charge is -2.32. The van der Waals surface area contributed by atoms with Crippen LogP contribution in [0.15, 0.2) is 30.7 Å². The summed E-state index contributed by atoms with van der Waals surface area (Å²) in [6.45, 7) is 7.63. The van der Waals surface area contributed by atoms with E-state index in [4.69, 9.17) is 14.8 Å². The van der Waals surface area contributed by atoms with Gasteiger partial charge in [0.25, 0.3) is 0 Å². The molecule has 7 heteroatoms. The Kier molecular flexibility index (Phi) is 5.21. The molecule has 2 aliphatic heterocycles. The minimum atomic E-state index is 0.605. The van der Waals surface area contributed by atoms with E-state index in [1.807, 2.05) is 11.4 Å². The molecular weight excluding hydrogens is 376 g/mol. The summed E-state index contributed by atoms with van der Waals surface area (Å²) in [6, 6.07) is 4.30. The van der Waals surface area contributed by atoms with Crippen molar-refractivity contribution in [2.45, 2.75) is 39.5 Å². The number of aryl methyl sites for hydroxylation is 2. The van der Waals surface area contributed by atoms with E-state index in [0.717, 1.165) is 68.4 Å². The molecule has 0 aliphatic carbocycles. The SMILES string of the molecule is Cc1cc(C2=CCOCC2)c2nc(CC3CCN(c4cc(C)ncn4)CC3)nn2c1. The van der Waals surface area contributed by atoms with Crippen molar-refractivity contribution in [1.82, 2.24) is 24.6 Å². The molecule has 3 aromatic heterocycles. The molecule has 1 fully saturated rings. The van der Waals surface area contributed by atoms with Gasteiger partial charge in [0.2, 0.25) is 0 Å². The second-order valence-corrected chi connectivity index (χ2v) is 8.43. The van der Waals surface area contributed by atoms with Crippen LogP contribution in [0.2, 0.25) is 0 Å². The average Bonchev–Trinajstić information content (AvgIpc) is 3.16. The average molecular weight is 405 g/mol. The van der Waals surface area contributed by atoms with Gasteiger partial charge in [-0.15, -0.1) is 0 Å². The van der Waals surface area contributed by atoms with Crippen LogP contribution in [0.3, 0.4) is 0 Å². The first-order valence-corrected chi connectivity index (χ1v) is 10.8. The maximum atomic E-state index is 5.49. The lowest BCUT2D eigenvalue weighted by molar-refractivity contribution is 0.161. The molecule has 156 valence electrons. The number of hydrogen-bond acceptors (Lipinski definition) is 6. The van der Waals surface area contributed by atoms with Gasteiger partial charge in [-0.2, -0.15) is 5.10 Å². The second kappa shape index (κ2) is 8.14. The van der Waals surface area contributed by atoms with Crippen LogP contribution >= 0.6 is 0 Å². The van der Waals surface area contributed by atoms with Crippen LogP contribution in [0.1, 0.15) is 41.9 Å². The highest BCUT2D eigenvalue weighted by Crippen LogP contribution is 2.27. The fourth-order valence-corrected chi connectivity index (χ4v) is 4.50. The topological polar surface area (TPSA) is 68.4 Å². The van der Waals surface area contributed by atoms with Crippen molar-refractivity contribution < 1.29 is 4.74 Å². The number of piperidine rings is 1. The Morgan fingerprint density at radius 2 is 2.00 bits per heavy atom. The molecule has 5 heterocycles. The molecule has 0 unspecified atom stereocenters. The van der Waals surface area contributed by atoms with Gasteiger partial charge in [0.15, 0.2) is 11.5 Å². The lowest BCUT2D eigenvalue weighted by atomic mass is 9.93. The summed E-state index contributed by atoms with van der Waals surface area (Å²) in [5, 5.41) is 4.82. The fraction of sp³-hybridized carbons (Fsp3) is 0.478. The number of pyridine rings is 1. The van der Waals surface area contributed by atoms with E-state index in [0.29, 0.717) is 12.5 Å². The van der Waals surface area contributed by atoms with Gasteiger partial charge >= 0.3 is 0 Å². The molecule has 0 aromatic carbocycles. The standard InChI is InChI=1S/C23H28N6O/c1-16-11-20(19-5-9-30-10-6-19)23-26-21(27-29(23)14-16)13-18-3-7-28(8-4-18)22-12-17(2)24-15-25-22/h5,11-12,14-15,18H,3-4,6-10,13H2,1-2H3. The lowest BCUT2D eigenvalue weighted by Crippen LogP contribution is -2.35. The minimum absolute atomic E-state index is 0.605. The normalized spacial score (nSPS) is 18.1. The number of fused-ring (bicyclic) bond motifs is 1. The van der Waals surface area contributed by atoms with Crippen molar-refractivity contribution >= 4 is 17.0 Å². The Labute approximate surface area is 176 Å². The summed E-state index contributed by atoms with van der Waals surface area (Å²) < 4.78 is 7.45. The van der Waals surface area contributed by atoms with Gasteiger partial charge in [-0.25, -0.2) is 19.5 Å². The molecule has 0 radical (unpaired) electrons. The van der Waals surface area contributed by atoms with Crippen molar-refractivity contribution in [3.63, 3.8) is 0 Å². The zero-order valence-electron chi connectivity index (χ0n) is 17.7. The zero-order chi connectivity index (χ0) is 20.5. The van der Waals surface area contributed by atoms with Gasteiger partial charge < -0.3 is 9.64 Å². The first-order valence-electron chi connectivity index (χ1n) is 10.8. The van der Waals surface area contributed by atoms with E-state index in [-0.39, 0.29) is 0 Å². The van der Waals surface area contributed by atoms with Crippen LogP contribution in [0.4, 0.5) is 5.82 Å². The van der Waals surface area contributed by atoms with E-state index in [2.05, 4.69) is 46.2 Å². The predicted molar refractivity (Wildman–Crippen MR) is 117 cm³/mol. The Morgan fingerprint density at radius 3 is 2.77 bits per heavy atom. The van der Waals surface area contributed by atoms with Crippen molar-refractivity contribution in [1.29, 1.82) is 0 Å². The molecular formula is C23H28N6O. The van der Waals surface area contributed by atoms with Gasteiger partial charge in [-0.3, -0.25) is 0 Å². The molecule has 7 nitrogen and oxygen atoms in total.